The standard InChI is InChI=1S/C33H30FN9O8S/c1-33(2,37-20-5-3-4-19-27(20)32(50)43(31(19)49)21-8-9-24(45)36-30(21)48)23-14-41(40-38-23)11-10-25(46)35-17-6-7-18-16(12-17)13-22(44)29(28(18)34)42-15-26(47)39-52(42)51/h3-7,12-14,21,37,44H,8-11,15H2,1-2H3,(H,35,46)(H,39,47)(H,36,45,48). The summed E-state index contributed by atoms with van der Waals surface area (Å²) in [6.07, 6.45) is 1.65. The van der Waals surface area contributed by atoms with Gasteiger partial charge in [0, 0.05) is 29.6 Å². The second kappa shape index (κ2) is 12.8. The maximum Gasteiger partial charge on any atom is 0.264 e. The number of hydrogen-bond acceptors (Lipinski definition) is 11. The predicted octanol–water partition coefficient (Wildman–Crippen LogP) is 1.57. The quantitative estimate of drug-likeness (QED) is 0.155. The monoisotopic (exact) mass is 731 g/mol. The van der Waals surface area contributed by atoms with Gasteiger partial charge in [0.15, 0.2) is 5.82 Å². The second-order valence-electron chi connectivity index (χ2n) is 12.9. The number of hydrogen-bond donors (Lipinski definition) is 5. The Morgan fingerprint density at radius 1 is 1.10 bits per heavy atom. The minimum Gasteiger partial charge on any atom is -0.506 e. The van der Waals surface area contributed by atoms with E-state index >= 15 is 4.39 Å². The first kappa shape index (κ1) is 34.2. The molecule has 3 aliphatic heterocycles. The van der Waals surface area contributed by atoms with Crippen LogP contribution in [0, 0.1) is 5.82 Å². The van der Waals surface area contributed by atoms with E-state index < -0.39 is 69.8 Å². The average Bonchev–Trinajstić information content (AvgIpc) is 3.76. The normalized spacial score (nSPS) is 18.9. The lowest BCUT2D eigenvalue weighted by Crippen LogP contribution is -2.54. The minimum atomic E-state index is -2.04. The molecular weight excluding hydrogens is 701 g/mol. The highest BCUT2D eigenvalue weighted by atomic mass is 32.2. The van der Waals surface area contributed by atoms with Crippen LogP contribution in [0.5, 0.6) is 5.75 Å². The number of aryl methyl sites for hydroxylation is 1. The molecule has 19 heteroatoms. The molecule has 3 aromatic carbocycles. The van der Waals surface area contributed by atoms with Crippen LogP contribution in [0.15, 0.2) is 48.7 Å². The Morgan fingerprint density at radius 3 is 2.62 bits per heavy atom. The van der Waals surface area contributed by atoms with Crippen LogP contribution in [0.2, 0.25) is 0 Å². The van der Waals surface area contributed by atoms with Crippen molar-refractivity contribution in [2.75, 3.05) is 21.5 Å². The number of amides is 6. The zero-order chi connectivity index (χ0) is 37.1. The molecule has 4 aromatic rings. The SMILES string of the molecule is CC(C)(Nc1cccc2c1C(=O)N(C1CCC(=O)NC1=O)C2=O)c1cn(CCC(=O)Nc2ccc3c(F)c(N4CC(=O)NS4=O)c(O)cc3c2)nn1. The van der Waals surface area contributed by atoms with E-state index in [2.05, 4.69) is 31.0 Å². The maximum atomic E-state index is 15.4. The molecule has 7 rings (SSSR count). The van der Waals surface area contributed by atoms with Crippen molar-refractivity contribution in [3.8, 4) is 5.75 Å². The zero-order valence-electron chi connectivity index (χ0n) is 27.6. The topological polar surface area (TPSA) is 225 Å². The number of phenolic OH excluding ortho intramolecular Hbond substituents is 1. The minimum absolute atomic E-state index is 0.00456. The number of nitrogens with one attached hydrogen (secondary N) is 4. The first-order valence-corrected chi connectivity index (χ1v) is 17.1. The molecule has 0 bridgehead atoms. The number of fused-ring (bicyclic) bond motifs is 2. The van der Waals surface area contributed by atoms with E-state index in [0.717, 1.165) is 9.21 Å². The number of carbonyl (C=O) groups is 6. The number of carbonyl (C=O) groups excluding carboxylic acids is 6. The molecule has 52 heavy (non-hydrogen) atoms. The van der Waals surface area contributed by atoms with E-state index in [9.17, 15) is 38.1 Å². The third-order valence-corrected chi connectivity index (χ3v) is 10.0. The summed E-state index contributed by atoms with van der Waals surface area (Å²) in [5.74, 6) is -4.82. The number of rotatable bonds is 9. The number of halogens is 1. The van der Waals surface area contributed by atoms with Crippen LogP contribution in [-0.4, -0.2) is 77.2 Å². The lowest BCUT2D eigenvalue weighted by atomic mass is 9.99. The smallest absolute Gasteiger partial charge is 0.264 e. The fourth-order valence-corrected chi connectivity index (χ4v) is 7.29. The van der Waals surface area contributed by atoms with Gasteiger partial charge in [0.05, 0.1) is 29.4 Å². The number of piperidine rings is 1. The molecule has 0 aliphatic carbocycles. The summed E-state index contributed by atoms with van der Waals surface area (Å²) in [5.41, 5.74) is 0.0360. The van der Waals surface area contributed by atoms with Crippen molar-refractivity contribution >= 4 is 74.4 Å². The number of phenols is 1. The van der Waals surface area contributed by atoms with Crippen LogP contribution in [-0.2, 0) is 42.4 Å². The molecular formula is C33H30FN9O8S. The van der Waals surface area contributed by atoms with Gasteiger partial charge in [-0.15, -0.1) is 5.10 Å². The summed E-state index contributed by atoms with van der Waals surface area (Å²) in [4.78, 5) is 76.2. The van der Waals surface area contributed by atoms with Crippen LogP contribution in [0.1, 0.15) is 59.5 Å². The lowest BCUT2D eigenvalue weighted by molar-refractivity contribution is -0.136. The van der Waals surface area contributed by atoms with Gasteiger partial charge in [-0.1, -0.05) is 11.3 Å². The Hall–Kier alpha value is -6.24. The average molecular weight is 732 g/mol. The van der Waals surface area contributed by atoms with Crippen molar-refractivity contribution in [3.63, 3.8) is 0 Å². The van der Waals surface area contributed by atoms with Gasteiger partial charge in [0.2, 0.25) is 28.9 Å². The number of aromatic nitrogens is 3. The highest BCUT2D eigenvalue weighted by Gasteiger charge is 2.46. The van der Waals surface area contributed by atoms with E-state index in [1.165, 1.54) is 35.0 Å². The Labute approximate surface area is 296 Å². The molecule has 0 radical (unpaired) electrons. The summed E-state index contributed by atoms with van der Waals surface area (Å²) in [5, 5.41) is 27.4. The fraction of sp³-hybridized carbons (Fsp3) is 0.273. The van der Waals surface area contributed by atoms with Gasteiger partial charge in [0.25, 0.3) is 17.7 Å². The van der Waals surface area contributed by atoms with E-state index in [-0.39, 0.29) is 59.9 Å². The molecule has 17 nitrogen and oxygen atoms in total. The van der Waals surface area contributed by atoms with Gasteiger partial charge in [-0.05, 0) is 62.1 Å². The number of benzene rings is 3. The molecule has 5 N–H and O–H groups in total. The summed E-state index contributed by atoms with van der Waals surface area (Å²) in [7, 11) is 0. The summed E-state index contributed by atoms with van der Waals surface area (Å²) in [6.45, 7) is 3.33. The molecule has 6 amide bonds. The van der Waals surface area contributed by atoms with Crippen molar-refractivity contribution in [1.29, 1.82) is 0 Å². The number of aromatic hydroxyl groups is 1. The van der Waals surface area contributed by atoms with Crippen LogP contribution >= 0.6 is 0 Å². The Morgan fingerprint density at radius 2 is 1.88 bits per heavy atom. The second-order valence-corrected chi connectivity index (χ2v) is 14.0. The van der Waals surface area contributed by atoms with E-state index in [0.29, 0.717) is 17.1 Å². The molecule has 2 atom stereocenters. The van der Waals surface area contributed by atoms with E-state index in [1.54, 1.807) is 32.2 Å². The van der Waals surface area contributed by atoms with E-state index in [1.807, 2.05) is 0 Å². The number of imide groups is 2. The third-order valence-electron chi connectivity index (χ3n) is 8.91. The van der Waals surface area contributed by atoms with Gasteiger partial charge in [-0.2, -0.15) is 0 Å². The molecule has 0 saturated carbocycles. The van der Waals surface area contributed by atoms with Crippen LogP contribution < -0.4 is 25.0 Å². The molecule has 2 fully saturated rings. The summed E-state index contributed by atoms with van der Waals surface area (Å²) in [6, 6.07) is 9.22. The Balaban J connectivity index is 0.999. The number of anilines is 3. The van der Waals surface area contributed by atoms with Gasteiger partial charge in [0.1, 0.15) is 29.7 Å². The molecule has 3 aliphatic rings. The molecule has 268 valence electrons. The number of nitrogens with zero attached hydrogens (tertiary/aromatic N) is 5. The zero-order valence-corrected chi connectivity index (χ0v) is 28.4. The Kier molecular flexibility index (Phi) is 8.44. The van der Waals surface area contributed by atoms with E-state index in [4.69, 9.17) is 0 Å². The van der Waals surface area contributed by atoms with Crippen molar-refractivity contribution < 1.29 is 42.5 Å². The van der Waals surface area contributed by atoms with Crippen molar-refractivity contribution in [2.45, 2.75) is 51.2 Å². The highest BCUT2D eigenvalue weighted by molar-refractivity contribution is 7.85. The molecule has 0 spiro atoms. The molecule has 1 aromatic heterocycles. The maximum absolute atomic E-state index is 15.4. The molecule has 2 saturated heterocycles. The first-order chi connectivity index (χ1) is 24.7. The van der Waals surface area contributed by atoms with Crippen LogP contribution in [0.25, 0.3) is 10.8 Å². The molecule has 4 heterocycles. The van der Waals surface area contributed by atoms with Crippen LogP contribution in [0.3, 0.4) is 0 Å². The molecule has 2 unspecified atom stereocenters. The van der Waals surface area contributed by atoms with Gasteiger partial charge < -0.3 is 15.7 Å². The summed E-state index contributed by atoms with van der Waals surface area (Å²) < 4.78 is 32.0. The first-order valence-electron chi connectivity index (χ1n) is 16.0. The van der Waals surface area contributed by atoms with Gasteiger partial charge in [-0.3, -0.25) is 52.7 Å². The van der Waals surface area contributed by atoms with Crippen molar-refractivity contribution in [1.82, 2.24) is 29.9 Å². The Bertz CT molecular complexity index is 2270. The van der Waals surface area contributed by atoms with Crippen molar-refractivity contribution in [2.24, 2.45) is 0 Å². The largest absolute Gasteiger partial charge is 0.506 e. The highest BCUT2D eigenvalue weighted by Crippen LogP contribution is 2.39. The van der Waals surface area contributed by atoms with Crippen molar-refractivity contribution in [3.05, 3.63) is 71.3 Å². The predicted molar refractivity (Wildman–Crippen MR) is 182 cm³/mol. The van der Waals surface area contributed by atoms with Crippen LogP contribution in [0.4, 0.5) is 21.5 Å². The fourth-order valence-electron chi connectivity index (χ4n) is 6.34. The summed E-state index contributed by atoms with van der Waals surface area (Å²) >= 11 is -2.04. The lowest BCUT2D eigenvalue weighted by Gasteiger charge is -2.28. The van der Waals surface area contributed by atoms with Gasteiger partial charge in [-0.25, -0.2) is 8.60 Å². The third kappa shape index (κ3) is 6.08. The van der Waals surface area contributed by atoms with Gasteiger partial charge >= 0.3 is 0 Å².